The molecule has 2 aromatic carbocycles. The van der Waals surface area contributed by atoms with Crippen molar-refractivity contribution < 1.29 is 5.11 Å². The number of piperazine rings is 1. The summed E-state index contributed by atoms with van der Waals surface area (Å²) in [7, 11) is 0. The Morgan fingerprint density at radius 3 is 1.84 bits per heavy atom. The molecule has 0 bridgehead atoms. The Hall–Kier alpha value is -1.68. The summed E-state index contributed by atoms with van der Waals surface area (Å²) in [6, 6.07) is 22.1. The van der Waals surface area contributed by atoms with Crippen LogP contribution in [0.15, 0.2) is 60.7 Å². The summed E-state index contributed by atoms with van der Waals surface area (Å²) in [5.41, 5.74) is 3.13. The van der Waals surface area contributed by atoms with Crippen LogP contribution in [0.2, 0.25) is 0 Å². The highest BCUT2D eigenvalue weighted by atomic mass is 16.3. The van der Waals surface area contributed by atoms with Gasteiger partial charge in [0.05, 0.1) is 6.61 Å². The molecule has 4 rings (SSSR count). The van der Waals surface area contributed by atoms with E-state index in [1.54, 1.807) is 0 Å². The van der Waals surface area contributed by atoms with Gasteiger partial charge >= 0.3 is 0 Å². The molecule has 0 aromatic heterocycles. The van der Waals surface area contributed by atoms with Crippen molar-refractivity contribution in [2.45, 2.75) is 11.8 Å². The molecule has 1 unspecified atom stereocenters. The van der Waals surface area contributed by atoms with E-state index in [1.165, 1.54) is 24.1 Å². The zero-order valence-electron chi connectivity index (χ0n) is 14.8. The minimum atomic E-state index is 0.199. The molecule has 1 saturated heterocycles. The number of aliphatic hydroxyl groups is 1. The number of hydrogen-bond donors (Lipinski definition) is 1. The Morgan fingerprint density at radius 1 is 0.800 bits per heavy atom. The van der Waals surface area contributed by atoms with Crippen LogP contribution in [-0.2, 0) is 5.41 Å². The van der Waals surface area contributed by atoms with E-state index in [9.17, 15) is 0 Å². The zero-order chi connectivity index (χ0) is 17.1. The van der Waals surface area contributed by atoms with Crippen molar-refractivity contribution in [2.24, 2.45) is 5.92 Å². The Morgan fingerprint density at radius 2 is 1.32 bits per heavy atom. The predicted octanol–water partition coefficient (Wildman–Crippen LogP) is 2.60. The lowest BCUT2D eigenvalue weighted by molar-refractivity contribution is 0.108. The second-order valence-corrected chi connectivity index (χ2v) is 7.47. The van der Waals surface area contributed by atoms with Gasteiger partial charge < -0.3 is 10.0 Å². The third kappa shape index (κ3) is 3.37. The molecule has 2 aliphatic rings. The molecular weight excluding hydrogens is 308 g/mol. The highest BCUT2D eigenvalue weighted by molar-refractivity contribution is 5.47. The molecule has 1 N–H and O–H groups in total. The van der Waals surface area contributed by atoms with Crippen LogP contribution in [0.1, 0.15) is 17.5 Å². The Bertz CT molecular complexity index is 625. The molecule has 0 amide bonds. The number of nitrogens with zero attached hydrogens (tertiary/aromatic N) is 2. The summed E-state index contributed by atoms with van der Waals surface area (Å²) in [5, 5.41) is 9.11. The Kier molecular flexibility index (Phi) is 4.89. The van der Waals surface area contributed by atoms with E-state index in [0.717, 1.165) is 32.7 Å². The van der Waals surface area contributed by atoms with Gasteiger partial charge in [0, 0.05) is 44.7 Å². The smallest absolute Gasteiger partial charge is 0.0558 e. The van der Waals surface area contributed by atoms with Crippen molar-refractivity contribution in [2.75, 3.05) is 45.9 Å². The highest BCUT2D eigenvalue weighted by Crippen LogP contribution is 2.59. The van der Waals surface area contributed by atoms with Crippen LogP contribution in [-0.4, -0.2) is 60.8 Å². The molecule has 1 aliphatic heterocycles. The minimum Gasteiger partial charge on any atom is -0.395 e. The molecule has 3 heteroatoms. The van der Waals surface area contributed by atoms with Gasteiger partial charge in [0.15, 0.2) is 0 Å². The van der Waals surface area contributed by atoms with E-state index in [1.807, 2.05) is 0 Å². The number of hydrogen-bond acceptors (Lipinski definition) is 3. The van der Waals surface area contributed by atoms with Gasteiger partial charge in [-0.1, -0.05) is 60.7 Å². The summed E-state index contributed by atoms with van der Waals surface area (Å²) >= 11 is 0. The van der Waals surface area contributed by atoms with Crippen LogP contribution in [0.25, 0.3) is 0 Å². The largest absolute Gasteiger partial charge is 0.395 e. The fourth-order valence-electron chi connectivity index (χ4n) is 4.54. The van der Waals surface area contributed by atoms with Crippen molar-refractivity contribution in [3.63, 3.8) is 0 Å². The number of aliphatic hydroxyl groups excluding tert-OH is 1. The molecule has 3 nitrogen and oxygen atoms in total. The van der Waals surface area contributed by atoms with E-state index in [0.29, 0.717) is 5.92 Å². The average molecular weight is 336 g/mol. The summed E-state index contributed by atoms with van der Waals surface area (Å²) < 4.78 is 0. The quantitative estimate of drug-likeness (QED) is 0.878. The predicted molar refractivity (Wildman–Crippen MR) is 102 cm³/mol. The van der Waals surface area contributed by atoms with Crippen LogP contribution in [0.3, 0.4) is 0 Å². The van der Waals surface area contributed by atoms with Crippen molar-refractivity contribution in [1.29, 1.82) is 0 Å². The third-order valence-corrected chi connectivity index (χ3v) is 6.04. The first-order valence-corrected chi connectivity index (χ1v) is 9.49. The zero-order valence-corrected chi connectivity index (χ0v) is 14.8. The van der Waals surface area contributed by atoms with Crippen LogP contribution in [0, 0.1) is 5.92 Å². The van der Waals surface area contributed by atoms with Crippen molar-refractivity contribution in [3.8, 4) is 0 Å². The number of rotatable bonds is 6. The Labute approximate surface area is 150 Å². The molecule has 0 radical (unpaired) electrons. The van der Waals surface area contributed by atoms with Gasteiger partial charge in [0.2, 0.25) is 0 Å². The SMILES string of the molecule is OCCN1CCN(CC2CC2(c2ccccc2)c2ccccc2)CC1. The molecule has 2 aromatic rings. The molecule has 1 heterocycles. The van der Waals surface area contributed by atoms with Crippen LogP contribution >= 0.6 is 0 Å². The molecule has 1 atom stereocenters. The van der Waals surface area contributed by atoms with Gasteiger partial charge in [0.1, 0.15) is 0 Å². The third-order valence-electron chi connectivity index (χ3n) is 6.04. The van der Waals surface area contributed by atoms with Crippen LogP contribution < -0.4 is 0 Å². The first-order chi connectivity index (χ1) is 12.3. The van der Waals surface area contributed by atoms with E-state index < -0.39 is 0 Å². The summed E-state index contributed by atoms with van der Waals surface area (Å²) in [5.74, 6) is 0.696. The monoisotopic (exact) mass is 336 g/mol. The lowest BCUT2D eigenvalue weighted by atomic mass is 9.85. The minimum absolute atomic E-state index is 0.199. The second-order valence-electron chi connectivity index (χ2n) is 7.47. The molecule has 2 fully saturated rings. The molecular formula is C22H28N2O. The topological polar surface area (TPSA) is 26.7 Å². The van der Waals surface area contributed by atoms with Crippen LogP contribution in [0.4, 0.5) is 0 Å². The fraction of sp³-hybridized carbons (Fsp3) is 0.455. The van der Waals surface area contributed by atoms with Gasteiger partial charge in [-0.2, -0.15) is 0 Å². The average Bonchev–Trinajstić information content (AvgIpc) is 3.40. The van der Waals surface area contributed by atoms with Gasteiger partial charge in [-0.05, 0) is 23.5 Å². The maximum Gasteiger partial charge on any atom is 0.0558 e. The van der Waals surface area contributed by atoms with E-state index >= 15 is 0 Å². The normalized spacial score (nSPS) is 23.5. The summed E-state index contributed by atoms with van der Waals surface area (Å²) in [6.45, 7) is 6.67. The molecule has 132 valence electrons. The fourth-order valence-corrected chi connectivity index (χ4v) is 4.54. The molecule has 25 heavy (non-hydrogen) atoms. The van der Waals surface area contributed by atoms with Gasteiger partial charge in [0.25, 0.3) is 0 Å². The summed E-state index contributed by atoms with van der Waals surface area (Å²) in [4.78, 5) is 4.98. The Balaban J connectivity index is 1.48. The number of β-amino-alcohol motifs (C(OH)–C–C–N with tert-alkyl or cyclic N) is 1. The first-order valence-electron chi connectivity index (χ1n) is 9.49. The second kappa shape index (κ2) is 7.28. The van der Waals surface area contributed by atoms with Gasteiger partial charge in [-0.25, -0.2) is 0 Å². The van der Waals surface area contributed by atoms with Crippen molar-refractivity contribution in [1.82, 2.24) is 9.80 Å². The van der Waals surface area contributed by atoms with Gasteiger partial charge in [-0.15, -0.1) is 0 Å². The molecule has 1 aliphatic carbocycles. The summed E-state index contributed by atoms with van der Waals surface area (Å²) in [6.07, 6.45) is 1.25. The lowest BCUT2D eigenvalue weighted by Crippen LogP contribution is -2.47. The molecule has 0 spiro atoms. The standard InChI is InChI=1S/C22H28N2O/c25-16-15-23-11-13-24(14-12-23)18-21-17-22(21,19-7-3-1-4-8-19)20-9-5-2-6-10-20/h1-10,21,25H,11-18H2. The maximum absolute atomic E-state index is 9.11. The number of benzene rings is 2. The van der Waals surface area contributed by atoms with E-state index in [4.69, 9.17) is 5.11 Å². The highest BCUT2D eigenvalue weighted by Gasteiger charge is 2.56. The maximum atomic E-state index is 9.11. The van der Waals surface area contributed by atoms with Crippen molar-refractivity contribution >= 4 is 0 Å². The molecule has 1 saturated carbocycles. The lowest BCUT2D eigenvalue weighted by Gasteiger charge is -2.35. The van der Waals surface area contributed by atoms with E-state index in [2.05, 4.69) is 70.5 Å². The van der Waals surface area contributed by atoms with E-state index in [-0.39, 0.29) is 12.0 Å². The van der Waals surface area contributed by atoms with Gasteiger partial charge in [-0.3, -0.25) is 4.90 Å². The van der Waals surface area contributed by atoms with Crippen molar-refractivity contribution in [3.05, 3.63) is 71.8 Å². The first kappa shape index (κ1) is 16.8. The van der Waals surface area contributed by atoms with Crippen LogP contribution in [0.5, 0.6) is 0 Å².